The fraction of sp³-hybridized carbons (Fsp3) is 0.263. The van der Waals surface area contributed by atoms with E-state index in [0.717, 1.165) is 16.1 Å². The Labute approximate surface area is 143 Å². The van der Waals surface area contributed by atoms with Gasteiger partial charge in [0.15, 0.2) is 0 Å². The Morgan fingerprint density at radius 3 is 1.74 bits per heavy atom. The van der Waals surface area contributed by atoms with Crippen molar-refractivity contribution in [2.75, 3.05) is 20.6 Å². The van der Waals surface area contributed by atoms with Crippen molar-refractivity contribution in [1.82, 2.24) is 9.80 Å². The normalized spacial score (nSPS) is 10.4. The fourth-order valence-corrected chi connectivity index (χ4v) is 2.63. The maximum absolute atomic E-state index is 12.3. The van der Waals surface area contributed by atoms with E-state index in [1.165, 1.54) is 0 Å². The molecule has 0 aliphatic rings. The second kappa shape index (κ2) is 7.88. The predicted octanol–water partition coefficient (Wildman–Crippen LogP) is 3.51. The molecule has 0 spiro atoms. The van der Waals surface area contributed by atoms with Crippen LogP contribution in [-0.4, -0.2) is 41.3 Å². The molecule has 1 amide bonds. The van der Waals surface area contributed by atoms with E-state index < -0.39 is 0 Å². The van der Waals surface area contributed by atoms with E-state index in [1.807, 2.05) is 84.6 Å². The third kappa shape index (κ3) is 4.39. The van der Waals surface area contributed by atoms with Gasteiger partial charge in [-0.25, -0.2) is 0 Å². The Hall–Kier alpha value is -2.20. The first-order chi connectivity index (χ1) is 11.0. The zero-order valence-electron chi connectivity index (χ0n) is 13.8. The summed E-state index contributed by atoms with van der Waals surface area (Å²) < 4.78 is 0. The van der Waals surface area contributed by atoms with Crippen molar-refractivity contribution in [1.29, 1.82) is 0 Å². The zero-order chi connectivity index (χ0) is 16.8. The first-order valence-corrected chi connectivity index (χ1v) is 7.98. The largest absolute Gasteiger partial charge is 0.371 e. The minimum Gasteiger partial charge on any atom is -0.371 e. The molecule has 0 radical (unpaired) electrons. The number of benzene rings is 2. The third-order valence-electron chi connectivity index (χ3n) is 3.75. The highest BCUT2D eigenvalue weighted by Gasteiger charge is 2.25. The van der Waals surface area contributed by atoms with Gasteiger partial charge < -0.3 is 9.80 Å². The summed E-state index contributed by atoms with van der Waals surface area (Å²) in [5, 5.41) is 0. The predicted molar refractivity (Wildman–Crippen MR) is 98.4 cm³/mol. The molecule has 0 saturated carbocycles. The molecule has 4 heteroatoms. The van der Waals surface area contributed by atoms with Crippen LogP contribution in [0.25, 0.3) is 0 Å². The van der Waals surface area contributed by atoms with Gasteiger partial charge in [-0.3, -0.25) is 4.79 Å². The quantitative estimate of drug-likeness (QED) is 0.786. The molecule has 0 fully saturated rings. The minimum atomic E-state index is -0.146. The van der Waals surface area contributed by atoms with Gasteiger partial charge in [0.1, 0.15) is 0 Å². The standard InChI is InChI=1S/C19H22N2OS/c1-15(22)21(14-18(23)20(2)3)19(16-10-6-4-7-11-16)17-12-8-5-9-13-17/h4-13,19H,14H2,1-3H3. The molecule has 0 aliphatic heterocycles. The van der Waals surface area contributed by atoms with Crippen molar-refractivity contribution < 1.29 is 4.79 Å². The summed E-state index contributed by atoms with van der Waals surface area (Å²) in [6.45, 7) is 2.02. The Bertz CT molecular complexity index is 616. The van der Waals surface area contributed by atoms with Crippen LogP contribution in [0.3, 0.4) is 0 Å². The molecule has 0 saturated heterocycles. The lowest BCUT2D eigenvalue weighted by Crippen LogP contribution is -2.41. The van der Waals surface area contributed by atoms with Crippen molar-refractivity contribution in [3.63, 3.8) is 0 Å². The van der Waals surface area contributed by atoms with Crippen LogP contribution >= 0.6 is 12.2 Å². The summed E-state index contributed by atoms with van der Waals surface area (Å²) in [4.78, 5) is 16.8. The Balaban J connectivity index is 2.46. The topological polar surface area (TPSA) is 23.6 Å². The van der Waals surface area contributed by atoms with E-state index in [0.29, 0.717) is 6.54 Å². The van der Waals surface area contributed by atoms with Gasteiger partial charge in [-0.1, -0.05) is 72.9 Å². The molecule has 0 atom stereocenters. The number of carbonyl (C=O) groups excluding carboxylic acids is 1. The lowest BCUT2D eigenvalue weighted by Gasteiger charge is -2.33. The molecule has 0 aromatic heterocycles. The van der Waals surface area contributed by atoms with Crippen LogP contribution in [0.4, 0.5) is 0 Å². The number of thiocarbonyl (C=S) groups is 1. The van der Waals surface area contributed by atoms with Crippen molar-refractivity contribution in [2.24, 2.45) is 0 Å². The Morgan fingerprint density at radius 1 is 0.957 bits per heavy atom. The first-order valence-electron chi connectivity index (χ1n) is 7.58. The maximum Gasteiger partial charge on any atom is 0.220 e. The number of carbonyl (C=O) groups is 1. The number of hydrogen-bond acceptors (Lipinski definition) is 2. The molecule has 3 nitrogen and oxygen atoms in total. The second-order valence-corrected chi connectivity index (χ2v) is 6.13. The molecule has 0 bridgehead atoms. The summed E-state index contributed by atoms with van der Waals surface area (Å²) in [5.41, 5.74) is 2.16. The Kier molecular flexibility index (Phi) is 5.88. The van der Waals surface area contributed by atoms with Gasteiger partial charge in [-0.2, -0.15) is 0 Å². The van der Waals surface area contributed by atoms with Crippen LogP contribution in [0, 0.1) is 0 Å². The summed E-state index contributed by atoms with van der Waals surface area (Å²) >= 11 is 5.42. The number of amides is 1. The molecule has 0 N–H and O–H groups in total. The highest BCUT2D eigenvalue weighted by Crippen LogP contribution is 2.28. The average Bonchev–Trinajstić information content (AvgIpc) is 2.56. The third-order valence-corrected chi connectivity index (χ3v) is 4.25. The number of hydrogen-bond donors (Lipinski definition) is 0. The first kappa shape index (κ1) is 17.2. The molecular formula is C19H22N2OS. The fourth-order valence-electron chi connectivity index (χ4n) is 2.49. The number of likely N-dealkylation sites (N-methyl/N-ethyl adjacent to an activating group) is 1. The van der Waals surface area contributed by atoms with E-state index in [9.17, 15) is 4.79 Å². The minimum absolute atomic E-state index is 0.00639. The lowest BCUT2D eigenvalue weighted by atomic mass is 9.97. The lowest BCUT2D eigenvalue weighted by molar-refractivity contribution is -0.129. The molecule has 0 heterocycles. The van der Waals surface area contributed by atoms with Gasteiger partial charge >= 0.3 is 0 Å². The van der Waals surface area contributed by atoms with E-state index >= 15 is 0 Å². The van der Waals surface area contributed by atoms with E-state index in [-0.39, 0.29) is 11.9 Å². The van der Waals surface area contributed by atoms with Crippen molar-refractivity contribution >= 4 is 23.1 Å². The van der Waals surface area contributed by atoms with E-state index in [4.69, 9.17) is 12.2 Å². The smallest absolute Gasteiger partial charge is 0.220 e. The summed E-state index contributed by atoms with van der Waals surface area (Å²) in [5.74, 6) is 0.00639. The zero-order valence-corrected chi connectivity index (χ0v) is 14.6. The van der Waals surface area contributed by atoms with E-state index in [2.05, 4.69) is 0 Å². The highest BCUT2D eigenvalue weighted by atomic mass is 32.1. The van der Waals surface area contributed by atoms with Crippen LogP contribution < -0.4 is 0 Å². The number of rotatable bonds is 5. The monoisotopic (exact) mass is 326 g/mol. The summed E-state index contributed by atoms with van der Waals surface area (Å²) in [6, 6.07) is 20.0. The van der Waals surface area contributed by atoms with Gasteiger partial charge in [0, 0.05) is 21.0 Å². The molecule has 23 heavy (non-hydrogen) atoms. The molecule has 120 valence electrons. The Morgan fingerprint density at radius 2 is 1.39 bits per heavy atom. The van der Waals surface area contributed by atoms with Gasteiger partial charge in [-0.15, -0.1) is 0 Å². The molecule has 0 unspecified atom stereocenters. The highest BCUT2D eigenvalue weighted by molar-refractivity contribution is 7.80. The van der Waals surface area contributed by atoms with Crippen molar-refractivity contribution in [3.05, 3.63) is 71.8 Å². The summed E-state index contributed by atoms with van der Waals surface area (Å²) in [7, 11) is 3.81. The van der Waals surface area contributed by atoms with Crippen molar-refractivity contribution in [2.45, 2.75) is 13.0 Å². The molecule has 0 aliphatic carbocycles. The average molecular weight is 326 g/mol. The van der Waals surface area contributed by atoms with Crippen molar-refractivity contribution in [3.8, 4) is 0 Å². The molecular weight excluding hydrogens is 304 g/mol. The number of nitrogens with zero attached hydrogens (tertiary/aromatic N) is 2. The summed E-state index contributed by atoms with van der Waals surface area (Å²) in [6.07, 6.45) is 0. The molecule has 2 rings (SSSR count). The van der Waals surface area contributed by atoms with Crippen LogP contribution in [0.5, 0.6) is 0 Å². The second-order valence-electron chi connectivity index (χ2n) is 5.66. The SMILES string of the molecule is CC(=O)N(CC(=S)N(C)C)C(c1ccccc1)c1ccccc1. The van der Waals surface area contributed by atoms with Gasteiger partial charge in [0.25, 0.3) is 0 Å². The maximum atomic E-state index is 12.3. The molecule has 2 aromatic rings. The molecule has 2 aromatic carbocycles. The van der Waals surface area contributed by atoms with Gasteiger partial charge in [-0.05, 0) is 11.1 Å². The van der Waals surface area contributed by atoms with Crippen LogP contribution in [0.2, 0.25) is 0 Å². The van der Waals surface area contributed by atoms with Crippen LogP contribution in [0.15, 0.2) is 60.7 Å². The van der Waals surface area contributed by atoms with Crippen LogP contribution in [-0.2, 0) is 4.79 Å². The van der Waals surface area contributed by atoms with Crippen LogP contribution in [0.1, 0.15) is 24.1 Å². The van der Waals surface area contributed by atoms with E-state index in [1.54, 1.807) is 6.92 Å². The van der Waals surface area contributed by atoms with Gasteiger partial charge in [0.2, 0.25) is 5.91 Å². The van der Waals surface area contributed by atoms with Gasteiger partial charge in [0.05, 0.1) is 17.6 Å².